The summed E-state index contributed by atoms with van der Waals surface area (Å²) in [6.07, 6.45) is 1.97. The van der Waals surface area contributed by atoms with Crippen molar-refractivity contribution in [1.29, 1.82) is 0 Å². The van der Waals surface area contributed by atoms with Gasteiger partial charge >= 0.3 is 0 Å². The molecule has 2 rings (SSSR count). The third-order valence-corrected chi connectivity index (χ3v) is 3.61. The summed E-state index contributed by atoms with van der Waals surface area (Å²) in [6, 6.07) is 5.23. The number of anilines is 1. The number of rotatable bonds is 6. The molecular formula is C16H22N2O4. The van der Waals surface area contributed by atoms with Crippen LogP contribution in [0.1, 0.15) is 26.7 Å². The largest absolute Gasteiger partial charge is 0.454 e. The van der Waals surface area contributed by atoms with Gasteiger partial charge in [0.1, 0.15) is 6.54 Å². The lowest BCUT2D eigenvalue weighted by atomic mass is 10.2. The topological polar surface area (TPSA) is 59.1 Å². The van der Waals surface area contributed by atoms with Gasteiger partial charge in [-0.15, -0.1) is 0 Å². The Bertz CT molecular complexity index is 559. The summed E-state index contributed by atoms with van der Waals surface area (Å²) in [5.74, 6) is 0.978. The van der Waals surface area contributed by atoms with E-state index in [2.05, 4.69) is 6.92 Å². The monoisotopic (exact) mass is 306 g/mol. The van der Waals surface area contributed by atoms with Crippen LogP contribution in [-0.2, 0) is 9.59 Å². The second-order valence-electron chi connectivity index (χ2n) is 5.31. The van der Waals surface area contributed by atoms with Gasteiger partial charge in [0.25, 0.3) is 0 Å². The van der Waals surface area contributed by atoms with Crippen LogP contribution < -0.4 is 14.4 Å². The van der Waals surface area contributed by atoms with Crippen LogP contribution in [0.4, 0.5) is 5.69 Å². The highest BCUT2D eigenvalue weighted by Gasteiger charge is 2.21. The van der Waals surface area contributed by atoms with Crippen molar-refractivity contribution >= 4 is 17.5 Å². The molecule has 0 saturated carbocycles. The molecule has 0 aromatic heterocycles. The Morgan fingerprint density at radius 3 is 2.64 bits per heavy atom. The summed E-state index contributed by atoms with van der Waals surface area (Å²) in [7, 11) is 1.76. The van der Waals surface area contributed by atoms with Gasteiger partial charge in [-0.1, -0.05) is 13.3 Å². The third kappa shape index (κ3) is 3.69. The van der Waals surface area contributed by atoms with Gasteiger partial charge < -0.3 is 19.3 Å². The molecule has 0 spiro atoms. The van der Waals surface area contributed by atoms with Gasteiger partial charge in [-0.3, -0.25) is 9.59 Å². The van der Waals surface area contributed by atoms with E-state index in [0.717, 1.165) is 12.8 Å². The number of carbonyl (C=O) groups excluding carboxylic acids is 2. The van der Waals surface area contributed by atoms with Gasteiger partial charge in [0, 0.05) is 32.3 Å². The first-order valence-electron chi connectivity index (χ1n) is 7.44. The second-order valence-corrected chi connectivity index (χ2v) is 5.31. The van der Waals surface area contributed by atoms with Crippen molar-refractivity contribution in [3.05, 3.63) is 18.2 Å². The van der Waals surface area contributed by atoms with E-state index in [4.69, 9.17) is 9.47 Å². The Labute approximate surface area is 130 Å². The summed E-state index contributed by atoms with van der Waals surface area (Å²) in [4.78, 5) is 27.3. The molecule has 22 heavy (non-hydrogen) atoms. The number of carbonyl (C=O) groups is 2. The molecule has 6 heteroatoms. The maximum Gasteiger partial charge on any atom is 0.242 e. The maximum absolute atomic E-state index is 12.2. The fourth-order valence-electron chi connectivity index (χ4n) is 2.21. The molecule has 0 radical (unpaired) electrons. The summed E-state index contributed by atoms with van der Waals surface area (Å²) in [5.41, 5.74) is 0.633. The summed E-state index contributed by atoms with van der Waals surface area (Å²) < 4.78 is 10.6. The Morgan fingerprint density at radius 2 is 1.95 bits per heavy atom. The van der Waals surface area contributed by atoms with Crippen molar-refractivity contribution in [3.8, 4) is 11.5 Å². The van der Waals surface area contributed by atoms with E-state index < -0.39 is 0 Å². The lowest BCUT2D eigenvalue weighted by Gasteiger charge is -2.24. The molecule has 1 aliphatic rings. The SMILES string of the molecule is CCCCN(C)C(=O)CN(C(C)=O)c1ccc2c(c1)OCO2. The second kappa shape index (κ2) is 7.15. The lowest BCUT2D eigenvalue weighted by molar-refractivity contribution is -0.130. The number of hydrogen-bond acceptors (Lipinski definition) is 4. The van der Waals surface area contributed by atoms with Crippen molar-refractivity contribution in [2.75, 3.05) is 31.8 Å². The van der Waals surface area contributed by atoms with E-state index in [1.165, 1.54) is 11.8 Å². The highest BCUT2D eigenvalue weighted by Crippen LogP contribution is 2.35. The zero-order valence-corrected chi connectivity index (χ0v) is 13.3. The van der Waals surface area contributed by atoms with Crippen molar-refractivity contribution in [2.45, 2.75) is 26.7 Å². The Balaban J connectivity index is 2.10. The van der Waals surface area contributed by atoms with E-state index in [1.807, 2.05) is 0 Å². The molecule has 0 bridgehead atoms. The molecule has 0 fully saturated rings. The van der Waals surface area contributed by atoms with Gasteiger partial charge in [-0.2, -0.15) is 0 Å². The predicted octanol–water partition coefficient (Wildman–Crippen LogP) is 2.03. The van der Waals surface area contributed by atoms with Gasteiger partial charge in [0.2, 0.25) is 18.6 Å². The number of benzene rings is 1. The summed E-state index contributed by atoms with van der Waals surface area (Å²) in [5, 5.41) is 0. The first-order valence-corrected chi connectivity index (χ1v) is 7.44. The summed E-state index contributed by atoms with van der Waals surface area (Å²) >= 11 is 0. The van der Waals surface area contributed by atoms with Crippen LogP contribution in [0.3, 0.4) is 0 Å². The summed E-state index contributed by atoms with van der Waals surface area (Å²) in [6.45, 7) is 4.42. The minimum absolute atomic E-state index is 0.0230. The van der Waals surface area contributed by atoms with Crippen molar-refractivity contribution in [1.82, 2.24) is 4.90 Å². The van der Waals surface area contributed by atoms with Crippen LogP contribution in [-0.4, -0.2) is 43.6 Å². The Hall–Kier alpha value is -2.24. The van der Waals surface area contributed by atoms with Crippen LogP contribution in [0.15, 0.2) is 18.2 Å². The molecule has 6 nitrogen and oxygen atoms in total. The fraction of sp³-hybridized carbons (Fsp3) is 0.500. The quantitative estimate of drug-likeness (QED) is 0.807. The van der Waals surface area contributed by atoms with Gasteiger partial charge in [0.15, 0.2) is 11.5 Å². The molecule has 0 atom stereocenters. The van der Waals surface area contributed by atoms with Crippen LogP contribution in [0, 0.1) is 0 Å². The average molecular weight is 306 g/mol. The number of nitrogens with zero attached hydrogens (tertiary/aromatic N) is 2. The highest BCUT2D eigenvalue weighted by molar-refractivity contribution is 5.97. The Morgan fingerprint density at radius 1 is 1.23 bits per heavy atom. The molecule has 0 aliphatic carbocycles. The molecule has 120 valence electrons. The van der Waals surface area contributed by atoms with E-state index in [-0.39, 0.29) is 25.2 Å². The number of amides is 2. The van der Waals surface area contributed by atoms with Crippen molar-refractivity contribution < 1.29 is 19.1 Å². The van der Waals surface area contributed by atoms with E-state index in [9.17, 15) is 9.59 Å². The van der Waals surface area contributed by atoms with Crippen molar-refractivity contribution in [2.24, 2.45) is 0 Å². The molecular weight excluding hydrogens is 284 g/mol. The van der Waals surface area contributed by atoms with E-state index in [0.29, 0.717) is 23.7 Å². The third-order valence-electron chi connectivity index (χ3n) is 3.61. The number of likely N-dealkylation sites (N-methyl/N-ethyl adjacent to an activating group) is 1. The van der Waals surface area contributed by atoms with Crippen molar-refractivity contribution in [3.63, 3.8) is 0 Å². The zero-order chi connectivity index (χ0) is 16.1. The first-order chi connectivity index (χ1) is 10.5. The standard InChI is InChI=1S/C16H22N2O4/c1-4-5-8-17(3)16(20)10-18(12(2)19)13-6-7-14-15(9-13)22-11-21-14/h6-7,9H,4-5,8,10-11H2,1-3H3. The number of unbranched alkanes of at least 4 members (excludes halogenated alkanes) is 1. The smallest absolute Gasteiger partial charge is 0.242 e. The minimum Gasteiger partial charge on any atom is -0.454 e. The van der Waals surface area contributed by atoms with Gasteiger partial charge in [-0.25, -0.2) is 0 Å². The predicted molar refractivity (Wildman–Crippen MR) is 83.1 cm³/mol. The lowest BCUT2D eigenvalue weighted by Crippen LogP contribution is -2.41. The molecule has 1 aromatic rings. The molecule has 0 unspecified atom stereocenters. The zero-order valence-electron chi connectivity index (χ0n) is 13.3. The van der Waals surface area contributed by atoms with Crippen LogP contribution >= 0.6 is 0 Å². The Kier molecular flexibility index (Phi) is 5.25. The number of hydrogen-bond donors (Lipinski definition) is 0. The van der Waals surface area contributed by atoms with Crippen LogP contribution in [0.2, 0.25) is 0 Å². The fourth-order valence-corrected chi connectivity index (χ4v) is 2.21. The van der Waals surface area contributed by atoms with Crippen LogP contribution in [0.25, 0.3) is 0 Å². The normalized spacial score (nSPS) is 12.1. The number of ether oxygens (including phenoxy) is 2. The molecule has 0 N–H and O–H groups in total. The van der Waals surface area contributed by atoms with E-state index >= 15 is 0 Å². The maximum atomic E-state index is 12.2. The molecule has 2 amide bonds. The average Bonchev–Trinajstić information content (AvgIpc) is 2.96. The molecule has 0 saturated heterocycles. The molecule has 1 heterocycles. The van der Waals surface area contributed by atoms with Crippen LogP contribution in [0.5, 0.6) is 11.5 Å². The minimum atomic E-state index is -0.184. The highest BCUT2D eigenvalue weighted by atomic mass is 16.7. The first kappa shape index (κ1) is 16.1. The molecule has 1 aromatic carbocycles. The number of fused-ring (bicyclic) bond motifs is 1. The van der Waals surface area contributed by atoms with Gasteiger partial charge in [0.05, 0.1) is 0 Å². The van der Waals surface area contributed by atoms with Gasteiger partial charge in [-0.05, 0) is 18.6 Å². The van der Waals surface area contributed by atoms with E-state index in [1.54, 1.807) is 30.1 Å². The molecule has 1 aliphatic heterocycles.